The van der Waals surface area contributed by atoms with Crippen LogP contribution in [0.1, 0.15) is 6.92 Å². The lowest BCUT2D eigenvalue weighted by Crippen LogP contribution is -2.50. The number of hydrogen-bond acceptors (Lipinski definition) is 5. The number of rotatable bonds is 2. The van der Waals surface area contributed by atoms with Gasteiger partial charge in [-0.05, 0) is 6.92 Å². The van der Waals surface area contributed by atoms with Crippen LogP contribution < -0.4 is 0 Å². The minimum absolute atomic E-state index is 0.0223. The smallest absolute Gasteiger partial charge is 0.410 e. The van der Waals surface area contributed by atoms with Crippen molar-refractivity contribution in [3.8, 4) is 0 Å². The number of ether oxygens (including phenoxy) is 1. The molecule has 1 atom stereocenters. The highest BCUT2D eigenvalue weighted by Gasteiger charge is 2.31. The largest absolute Gasteiger partial charge is 0.447 e. The van der Waals surface area contributed by atoms with E-state index in [0.29, 0.717) is 0 Å². The van der Waals surface area contributed by atoms with Crippen molar-refractivity contribution in [2.45, 2.75) is 13.0 Å². The summed E-state index contributed by atoms with van der Waals surface area (Å²) in [5, 5.41) is 8.47. The van der Waals surface area contributed by atoms with Crippen LogP contribution >= 0.6 is 0 Å². The van der Waals surface area contributed by atoms with E-state index < -0.39 is 15.9 Å². The zero-order valence-electron chi connectivity index (χ0n) is 8.55. The normalized spacial score (nSPS) is 24.9. The van der Waals surface area contributed by atoms with Crippen molar-refractivity contribution in [2.24, 2.45) is 0 Å². The molecule has 0 aromatic heterocycles. The van der Waals surface area contributed by atoms with Gasteiger partial charge >= 0.3 is 6.09 Å². The highest BCUT2D eigenvalue weighted by molar-refractivity contribution is 7.91. The molecule has 1 unspecified atom stereocenters. The third-order valence-corrected chi connectivity index (χ3v) is 4.02. The van der Waals surface area contributed by atoms with E-state index in [2.05, 4.69) is 0 Å². The van der Waals surface area contributed by atoms with Crippen LogP contribution in [0.25, 0.3) is 0 Å². The van der Waals surface area contributed by atoms with Crippen LogP contribution in [0.2, 0.25) is 0 Å². The average molecular weight is 237 g/mol. The first-order valence-corrected chi connectivity index (χ1v) is 6.53. The zero-order chi connectivity index (χ0) is 11.5. The van der Waals surface area contributed by atoms with E-state index in [9.17, 15) is 13.2 Å². The number of aliphatic hydroxyl groups excluding tert-OH is 1. The Kier molecular flexibility index (Phi) is 3.92. The Morgan fingerprint density at radius 3 is 2.80 bits per heavy atom. The maximum atomic E-state index is 11.4. The van der Waals surface area contributed by atoms with E-state index in [1.807, 2.05) is 0 Å². The van der Waals surface area contributed by atoms with Gasteiger partial charge in [0.2, 0.25) is 0 Å². The van der Waals surface area contributed by atoms with Gasteiger partial charge in [0.15, 0.2) is 9.84 Å². The standard InChI is InChI=1S/C8H15NO5S/c1-7-6-15(12,13)5-2-9(7)8(11)14-4-3-10/h7,10H,2-6H2,1H3. The second-order valence-electron chi connectivity index (χ2n) is 3.49. The van der Waals surface area contributed by atoms with Gasteiger partial charge in [-0.25, -0.2) is 13.2 Å². The fourth-order valence-corrected chi connectivity index (χ4v) is 3.04. The van der Waals surface area contributed by atoms with Crippen LogP contribution in [0.15, 0.2) is 0 Å². The summed E-state index contributed by atoms with van der Waals surface area (Å²) in [7, 11) is -3.02. The van der Waals surface area contributed by atoms with Gasteiger partial charge in [0.25, 0.3) is 0 Å². The second kappa shape index (κ2) is 4.80. The molecule has 1 N–H and O–H groups in total. The molecule has 1 saturated heterocycles. The van der Waals surface area contributed by atoms with Crippen LogP contribution in [0, 0.1) is 0 Å². The van der Waals surface area contributed by atoms with E-state index in [4.69, 9.17) is 9.84 Å². The van der Waals surface area contributed by atoms with Crippen LogP contribution in [0.4, 0.5) is 4.79 Å². The van der Waals surface area contributed by atoms with Gasteiger partial charge in [0.1, 0.15) is 6.61 Å². The van der Waals surface area contributed by atoms with Crippen molar-refractivity contribution >= 4 is 15.9 Å². The number of aliphatic hydroxyl groups is 1. The van der Waals surface area contributed by atoms with E-state index in [1.165, 1.54) is 4.90 Å². The van der Waals surface area contributed by atoms with Crippen molar-refractivity contribution in [2.75, 3.05) is 31.3 Å². The minimum atomic E-state index is -3.02. The summed E-state index contributed by atoms with van der Waals surface area (Å²) < 4.78 is 27.2. The molecule has 6 nitrogen and oxygen atoms in total. The molecule has 0 saturated carbocycles. The Bertz CT molecular complexity index is 326. The molecule has 1 heterocycles. The maximum Gasteiger partial charge on any atom is 0.410 e. The molecule has 0 aromatic rings. The third kappa shape index (κ3) is 3.35. The molecule has 1 rings (SSSR count). The van der Waals surface area contributed by atoms with Crippen LogP contribution in [-0.2, 0) is 14.6 Å². The summed E-state index contributed by atoms with van der Waals surface area (Å²) in [5.41, 5.74) is 0. The number of nitrogens with zero attached hydrogens (tertiary/aromatic N) is 1. The van der Waals surface area contributed by atoms with Crippen molar-refractivity contribution < 1.29 is 23.1 Å². The molecule has 15 heavy (non-hydrogen) atoms. The zero-order valence-corrected chi connectivity index (χ0v) is 9.37. The van der Waals surface area contributed by atoms with Gasteiger partial charge in [-0.2, -0.15) is 0 Å². The van der Waals surface area contributed by atoms with Gasteiger partial charge in [0.05, 0.1) is 18.1 Å². The number of sulfone groups is 1. The molecule has 7 heteroatoms. The molecule has 1 aliphatic heterocycles. The van der Waals surface area contributed by atoms with Gasteiger partial charge in [-0.1, -0.05) is 0 Å². The first kappa shape index (κ1) is 12.3. The Morgan fingerprint density at radius 2 is 2.27 bits per heavy atom. The lowest BCUT2D eigenvalue weighted by atomic mass is 10.3. The van der Waals surface area contributed by atoms with E-state index >= 15 is 0 Å². The summed E-state index contributed by atoms with van der Waals surface area (Å²) >= 11 is 0. The predicted octanol–water partition coefficient (Wildman–Crippen LogP) is -0.766. The summed E-state index contributed by atoms with van der Waals surface area (Å²) in [5.74, 6) is -0.0488. The number of hydrogen-bond donors (Lipinski definition) is 1. The molecule has 1 amide bonds. The Labute approximate surface area is 88.7 Å². The Hall–Kier alpha value is -0.820. The van der Waals surface area contributed by atoms with Gasteiger partial charge < -0.3 is 14.7 Å². The van der Waals surface area contributed by atoms with Crippen LogP contribution in [-0.4, -0.2) is 61.8 Å². The summed E-state index contributed by atoms with van der Waals surface area (Å²) in [6.45, 7) is 1.53. The quantitative estimate of drug-likeness (QED) is 0.682. The Morgan fingerprint density at radius 1 is 1.60 bits per heavy atom. The molecule has 0 radical (unpaired) electrons. The SMILES string of the molecule is CC1CS(=O)(=O)CCN1C(=O)OCCO. The lowest BCUT2D eigenvalue weighted by molar-refractivity contribution is 0.0767. The summed E-state index contributed by atoms with van der Waals surface area (Å²) in [6, 6.07) is -0.366. The van der Waals surface area contributed by atoms with Gasteiger partial charge in [-0.15, -0.1) is 0 Å². The van der Waals surface area contributed by atoms with E-state index in [-0.39, 0.29) is 37.3 Å². The van der Waals surface area contributed by atoms with Gasteiger partial charge in [0, 0.05) is 12.6 Å². The molecule has 0 bridgehead atoms. The first-order valence-electron chi connectivity index (χ1n) is 4.71. The van der Waals surface area contributed by atoms with Crippen LogP contribution in [0.3, 0.4) is 0 Å². The monoisotopic (exact) mass is 237 g/mol. The topological polar surface area (TPSA) is 83.9 Å². The molecular formula is C8H15NO5S. The second-order valence-corrected chi connectivity index (χ2v) is 5.72. The minimum Gasteiger partial charge on any atom is -0.447 e. The number of amides is 1. The van der Waals surface area contributed by atoms with Crippen molar-refractivity contribution in [1.29, 1.82) is 0 Å². The van der Waals surface area contributed by atoms with Crippen LogP contribution in [0.5, 0.6) is 0 Å². The molecule has 1 aliphatic rings. The molecule has 1 fully saturated rings. The van der Waals surface area contributed by atoms with Gasteiger partial charge in [-0.3, -0.25) is 0 Å². The lowest BCUT2D eigenvalue weighted by Gasteiger charge is -2.32. The average Bonchev–Trinajstić information content (AvgIpc) is 2.12. The van der Waals surface area contributed by atoms with Crippen molar-refractivity contribution in [3.05, 3.63) is 0 Å². The molecule has 0 aromatic carbocycles. The number of carbonyl (C=O) groups excluding carboxylic acids is 1. The molecule has 0 aliphatic carbocycles. The van der Waals surface area contributed by atoms with Crippen molar-refractivity contribution in [1.82, 2.24) is 4.90 Å². The first-order chi connectivity index (χ1) is 6.96. The molecule has 0 spiro atoms. The molecular weight excluding hydrogens is 222 g/mol. The summed E-state index contributed by atoms with van der Waals surface area (Å²) in [6.07, 6.45) is -0.563. The molecule has 88 valence electrons. The fourth-order valence-electron chi connectivity index (χ4n) is 1.49. The highest BCUT2D eigenvalue weighted by Crippen LogP contribution is 2.12. The predicted molar refractivity (Wildman–Crippen MR) is 53.3 cm³/mol. The Balaban J connectivity index is 2.54. The number of carbonyl (C=O) groups is 1. The maximum absolute atomic E-state index is 11.4. The third-order valence-electron chi connectivity index (χ3n) is 2.22. The van der Waals surface area contributed by atoms with E-state index in [0.717, 1.165) is 0 Å². The summed E-state index contributed by atoms with van der Waals surface area (Å²) in [4.78, 5) is 12.7. The highest BCUT2D eigenvalue weighted by atomic mass is 32.2. The van der Waals surface area contributed by atoms with E-state index in [1.54, 1.807) is 6.92 Å². The van der Waals surface area contributed by atoms with Crippen molar-refractivity contribution in [3.63, 3.8) is 0 Å². The fraction of sp³-hybridized carbons (Fsp3) is 0.875.